The highest BCUT2D eigenvalue weighted by Gasteiger charge is 2.50. The Hall–Kier alpha value is -0.440. The molecule has 2 unspecified atom stereocenters. The molecule has 0 aromatic heterocycles. The van der Waals surface area contributed by atoms with Crippen LogP contribution in [-0.2, 0) is 14.2 Å². The highest BCUT2D eigenvalue weighted by Crippen LogP contribution is 2.28. The van der Waals surface area contributed by atoms with Gasteiger partial charge in [-0.25, -0.2) is 0 Å². The predicted octanol–water partition coefficient (Wildman–Crippen LogP) is -5.40. The molecular formula is C12H22O11. The zero-order chi connectivity index (χ0) is 17.3. The Morgan fingerprint density at radius 2 is 1.26 bits per heavy atom. The molecule has 10 atom stereocenters. The Kier molecular flexibility index (Phi) is 6.27. The third kappa shape index (κ3) is 3.65. The van der Waals surface area contributed by atoms with Crippen molar-refractivity contribution < 1.29 is 55.1 Å². The molecule has 2 heterocycles. The van der Waals surface area contributed by atoms with Crippen LogP contribution in [-0.4, -0.2) is 115 Å². The summed E-state index contributed by atoms with van der Waals surface area (Å²) in [4.78, 5) is 0. The average Bonchev–Trinajstić information content (AvgIpc) is 2.55. The molecule has 2 saturated heterocycles. The quantitative estimate of drug-likeness (QED) is 0.243. The van der Waals surface area contributed by atoms with E-state index in [1.54, 1.807) is 0 Å². The zero-order valence-electron chi connectivity index (χ0n) is 12.0. The number of hydrogen-bond donors (Lipinski definition) is 8. The van der Waals surface area contributed by atoms with Crippen molar-refractivity contribution in [2.24, 2.45) is 0 Å². The van der Waals surface area contributed by atoms with E-state index in [9.17, 15) is 35.7 Å². The Morgan fingerprint density at radius 3 is 1.83 bits per heavy atom. The number of aliphatic hydroxyl groups excluding tert-OH is 8. The second-order valence-corrected chi connectivity index (χ2v) is 5.53. The lowest BCUT2D eigenvalue weighted by Gasteiger charge is -2.45. The van der Waals surface area contributed by atoms with Crippen LogP contribution in [0.25, 0.3) is 0 Å². The van der Waals surface area contributed by atoms with E-state index in [1.807, 2.05) is 0 Å². The first-order chi connectivity index (χ1) is 10.8. The smallest absolute Gasteiger partial charge is 0.187 e. The van der Waals surface area contributed by atoms with Crippen LogP contribution in [0.15, 0.2) is 0 Å². The van der Waals surface area contributed by atoms with Gasteiger partial charge < -0.3 is 55.1 Å². The SMILES string of the molecule is OCC1O[C@@H](O[C@@H]2C(CO)O[C@@H](O)[C@H](O)[C@@H]2O)[C@H](O)[C@H](O)[C@@H]1O. The predicted molar refractivity (Wildman–Crippen MR) is 68.6 cm³/mol. The van der Waals surface area contributed by atoms with Gasteiger partial charge in [0.1, 0.15) is 48.8 Å². The fraction of sp³-hybridized carbons (Fsp3) is 1.00. The second kappa shape index (κ2) is 7.63. The fourth-order valence-corrected chi connectivity index (χ4v) is 2.57. The van der Waals surface area contributed by atoms with Crippen LogP contribution in [0.4, 0.5) is 0 Å². The second-order valence-electron chi connectivity index (χ2n) is 5.53. The molecule has 136 valence electrons. The van der Waals surface area contributed by atoms with Crippen LogP contribution in [0.2, 0.25) is 0 Å². The van der Waals surface area contributed by atoms with Gasteiger partial charge in [-0.05, 0) is 0 Å². The van der Waals surface area contributed by atoms with E-state index in [0.717, 1.165) is 0 Å². The van der Waals surface area contributed by atoms with E-state index in [2.05, 4.69) is 0 Å². The molecule has 0 radical (unpaired) electrons. The molecule has 2 fully saturated rings. The van der Waals surface area contributed by atoms with Gasteiger partial charge >= 0.3 is 0 Å². The summed E-state index contributed by atoms with van der Waals surface area (Å²) in [6, 6.07) is 0. The van der Waals surface area contributed by atoms with E-state index in [-0.39, 0.29) is 0 Å². The summed E-state index contributed by atoms with van der Waals surface area (Å²) in [6.07, 6.45) is -15.6. The minimum Gasteiger partial charge on any atom is -0.394 e. The van der Waals surface area contributed by atoms with E-state index in [1.165, 1.54) is 0 Å². The Balaban J connectivity index is 2.11. The molecular weight excluding hydrogens is 320 g/mol. The molecule has 0 spiro atoms. The molecule has 11 nitrogen and oxygen atoms in total. The maximum Gasteiger partial charge on any atom is 0.187 e. The monoisotopic (exact) mass is 342 g/mol. The molecule has 0 aromatic carbocycles. The summed E-state index contributed by atoms with van der Waals surface area (Å²) in [5.74, 6) is 0. The summed E-state index contributed by atoms with van der Waals surface area (Å²) in [5, 5.41) is 76.5. The van der Waals surface area contributed by atoms with Crippen LogP contribution in [0.5, 0.6) is 0 Å². The van der Waals surface area contributed by atoms with E-state index >= 15 is 0 Å². The first-order valence-corrected chi connectivity index (χ1v) is 7.08. The lowest BCUT2D eigenvalue weighted by molar-refractivity contribution is -0.355. The molecule has 0 bridgehead atoms. The van der Waals surface area contributed by atoms with E-state index in [4.69, 9.17) is 19.3 Å². The van der Waals surface area contributed by atoms with Crippen molar-refractivity contribution >= 4 is 0 Å². The normalized spacial score (nSPS) is 51.7. The average molecular weight is 342 g/mol. The number of hydrogen-bond acceptors (Lipinski definition) is 11. The van der Waals surface area contributed by atoms with Crippen LogP contribution in [0.1, 0.15) is 0 Å². The van der Waals surface area contributed by atoms with Gasteiger partial charge in [0.2, 0.25) is 0 Å². The topological polar surface area (TPSA) is 190 Å². The summed E-state index contributed by atoms with van der Waals surface area (Å²) in [5.41, 5.74) is 0. The highest BCUT2D eigenvalue weighted by atomic mass is 16.7. The van der Waals surface area contributed by atoms with Crippen molar-refractivity contribution in [3.05, 3.63) is 0 Å². The molecule has 2 aliphatic rings. The Labute approximate surface area is 130 Å². The number of rotatable bonds is 4. The molecule has 0 saturated carbocycles. The molecule has 8 N–H and O–H groups in total. The number of aliphatic hydroxyl groups is 8. The third-order valence-corrected chi connectivity index (χ3v) is 3.98. The summed E-state index contributed by atoms with van der Waals surface area (Å²) < 4.78 is 15.3. The molecule has 0 aromatic rings. The van der Waals surface area contributed by atoms with Crippen molar-refractivity contribution in [2.75, 3.05) is 13.2 Å². The largest absolute Gasteiger partial charge is 0.394 e. The van der Waals surface area contributed by atoms with Crippen molar-refractivity contribution in [3.63, 3.8) is 0 Å². The highest BCUT2D eigenvalue weighted by molar-refractivity contribution is 4.93. The molecule has 2 aliphatic heterocycles. The van der Waals surface area contributed by atoms with Gasteiger partial charge in [0, 0.05) is 0 Å². The minimum absolute atomic E-state index is 0.667. The summed E-state index contributed by atoms with van der Waals surface area (Å²) in [6.45, 7) is -1.35. The van der Waals surface area contributed by atoms with Gasteiger partial charge in [0.15, 0.2) is 12.6 Å². The van der Waals surface area contributed by atoms with Gasteiger partial charge in [-0.15, -0.1) is 0 Å². The van der Waals surface area contributed by atoms with Gasteiger partial charge in [0.25, 0.3) is 0 Å². The summed E-state index contributed by atoms with van der Waals surface area (Å²) >= 11 is 0. The molecule has 2 rings (SSSR count). The molecule has 0 amide bonds. The molecule has 23 heavy (non-hydrogen) atoms. The lowest BCUT2D eigenvalue weighted by atomic mass is 9.97. The standard InChI is InChI=1S/C12H22O11/c13-1-3-5(15)6(16)9(19)12(22-3)23-10-4(2-14)21-11(20)8(18)7(10)17/h3-20H,1-2H2/t3?,4?,5-,6-,7+,8-,9-,10-,11-,12+/m1/s1. The Morgan fingerprint density at radius 1 is 0.652 bits per heavy atom. The van der Waals surface area contributed by atoms with Crippen molar-refractivity contribution in [2.45, 2.75) is 61.4 Å². The summed E-state index contributed by atoms with van der Waals surface area (Å²) in [7, 11) is 0. The first-order valence-electron chi connectivity index (χ1n) is 7.08. The number of ether oxygens (including phenoxy) is 3. The maximum atomic E-state index is 9.94. The van der Waals surface area contributed by atoms with Gasteiger partial charge in [-0.2, -0.15) is 0 Å². The van der Waals surface area contributed by atoms with Crippen LogP contribution in [0, 0.1) is 0 Å². The fourth-order valence-electron chi connectivity index (χ4n) is 2.57. The van der Waals surface area contributed by atoms with E-state index in [0.29, 0.717) is 0 Å². The van der Waals surface area contributed by atoms with Crippen LogP contribution >= 0.6 is 0 Å². The van der Waals surface area contributed by atoms with E-state index < -0.39 is 74.6 Å². The van der Waals surface area contributed by atoms with Crippen LogP contribution < -0.4 is 0 Å². The third-order valence-electron chi connectivity index (χ3n) is 3.98. The van der Waals surface area contributed by atoms with Gasteiger partial charge in [0.05, 0.1) is 13.2 Å². The van der Waals surface area contributed by atoms with Crippen molar-refractivity contribution in [1.82, 2.24) is 0 Å². The van der Waals surface area contributed by atoms with Gasteiger partial charge in [-0.3, -0.25) is 0 Å². The Bertz CT molecular complexity index is 378. The minimum atomic E-state index is -1.74. The van der Waals surface area contributed by atoms with Crippen molar-refractivity contribution in [3.8, 4) is 0 Å². The van der Waals surface area contributed by atoms with Crippen LogP contribution in [0.3, 0.4) is 0 Å². The molecule has 11 heteroatoms. The van der Waals surface area contributed by atoms with Crippen molar-refractivity contribution in [1.29, 1.82) is 0 Å². The lowest BCUT2D eigenvalue weighted by Crippen LogP contribution is -2.64. The first kappa shape index (κ1) is 18.9. The molecule has 0 aliphatic carbocycles. The maximum absolute atomic E-state index is 9.94. The van der Waals surface area contributed by atoms with Gasteiger partial charge in [-0.1, -0.05) is 0 Å². The zero-order valence-corrected chi connectivity index (χ0v) is 12.0.